The average Bonchev–Trinajstić information content (AvgIpc) is 2.59. The van der Waals surface area contributed by atoms with Crippen LogP contribution in [0.3, 0.4) is 0 Å². The van der Waals surface area contributed by atoms with Crippen molar-refractivity contribution in [1.82, 2.24) is 9.97 Å². The van der Waals surface area contributed by atoms with Crippen LogP contribution in [-0.2, 0) is 22.4 Å². The molecule has 2 heterocycles. The van der Waals surface area contributed by atoms with Gasteiger partial charge in [-0.1, -0.05) is 12.1 Å². The van der Waals surface area contributed by atoms with Gasteiger partial charge in [-0.2, -0.15) is 0 Å². The van der Waals surface area contributed by atoms with E-state index in [9.17, 15) is 14.4 Å². The number of nitrogens with zero attached hydrogens (tertiary/aromatic N) is 1. The number of aromatic amines is 1. The van der Waals surface area contributed by atoms with E-state index < -0.39 is 0 Å². The first kappa shape index (κ1) is 20.3. The normalized spacial score (nSPS) is 9.72. The summed E-state index contributed by atoms with van der Waals surface area (Å²) in [7, 11) is 1.58. The molecule has 1 N–H and O–H groups in total. The van der Waals surface area contributed by atoms with Crippen LogP contribution in [0, 0.1) is 0 Å². The van der Waals surface area contributed by atoms with Crippen molar-refractivity contribution in [2.45, 2.75) is 39.5 Å². The molecule has 134 valence electrons. The fourth-order valence-electron chi connectivity index (χ4n) is 1.96. The van der Waals surface area contributed by atoms with Gasteiger partial charge in [-0.05, 0) is 38.8 Å². The van der Waals surface area contributed by atoms with Gasteiger partial charge in [0.15, 0.2) is 0 Å². The molecule has 0 aliphatic carbocycles. The summed E-state index contributed by atoms with van der Waals surface area (Å²) in [5.74, 6) is 0.922. The zero-order valence-electron chi connectivity index (χ0n) is 14.9. The molecule has 0 spiro atoms. The van der Waals surface area contributed by atoms with Gasteiger partial charge >= 0.3 is 0 Å². The Kier molecular flexibility index (Phi) is 8.85. The zero-order chi connectivity index (χ0) is 18.7. The standard InChI is InChI=1S/C10H13NO2.C9H11NO2/c1-8(12)6-7-9-4-3-5-10(11-9)13-2;1-7(11)5-6-8-3-2-4-9(12)10-8/h3-5H,6-7H2,1-2H3;2-4H,5-6H2,1H3,(H,10,12). The highest BCUT2D eigenvalue weighted by Gasteiger charge is 1.99. The molecule has 0 amide bonds. The predicted octanol–water partition coefficient (Wildman–Crippen LogP) is 2.51. The number of H-pyrrole nitrogens is 1. The number of ether oxygens (including phenoxy) is 1. The SMILES string of the molecule is CC(=O)CCc1cccc(=O)[nH]1.COc1cccc(CCC(C)=O)n1. The summed E-state index contributed by atoms with van der Waals surface area (Å²) in [4.78, 5) is 39.0. The zero-order valence-corrected chi connectivity index (χ0v) is 14.9. The third kappa shape index (κ3) is 9.20. The molecular weight excluding hydrogens is 320 g/mol. The van der Waals surface area contributed by atoms with E-state index >= 15 is 0 Å². The number of hydrogen-bond acceptors (Lipinski definition) is 5. The van der Waals surface area contributed by atoms with E-state index in [1.807, 2.05) is 18.2 Å². The van der Waals surface area contributed by atoms with Gasteiger partial charge in [-0.25, -0.2) is 4.98 Å². The predicted molar refractivity (Wildman–Crippen MR) is 95.9 cm³/mol. The topological polar surface area (TPSA) is 89.1 Å². The van der Waals surface area contributed by atoms with Crippen molar-refractivity contribution in [3.05, 3.63) is 58.1 Å². The Labute approximate surface area is 147 Å². The summed E-state index contributed by atoms with van der Waals surface area (Å²) < 4.78 is 4.97. The molecule has 0 aromatic carbocycles. The van der Waals surface area contributed by atoms with E-state index in [1.54, 1.807) is 33.1 Å². The van der Waals surface area contributed by atoms with E-state index in [0.29, 0.717) is 31.6 Å². The quantitative estimate of drug-likeness (QED) is 0.833. The van der Waals surface area contributed by atoms with Crippen molar-refractivity contribution in [1.29, 1.82) is 0 Å². The number of methoxy groups -OCH3 is 1. The van der Waals surface area contributed by atoms with E-state index in [0.717, 1.165) is 11.4 Å². The molecule has 0 bridgehead atoms. The molecule has 0 atom stereocenters. The lowest BCUT2D eigenvalue weighted by Crippen LogP contribution is -2.07. The Morgan fingerprint density at radius 3 is 2.24 bits per heavy atom. The van der Waals surface area contributed by atoms with Gasteiger partial charge in [-0.15, -0.1) is 0 Å². The fourth-order valence-corrected chi connectivity index (χ4v) is 1.96. The Morgan fingerprint density at radius 1 is 1.00 bits per heavy atom. The smallest absolute Gasteiger partial charge is 0.248 e. The highest BCUT2D eigenvalue weighted by molar-refractivity contribution is 5.75. The second kappa shape index (κ2) is 10.9. The van der Waals surface area contributed by atoms with Crippen molar-refractivity contribution in [2.75, 3.05) is 7.11 Å². The van der Waals surface area contributed by atoms with Crippen LogP contribution in [0.1, 0.15) is 38.1 Å². The lowest BCUT2D eigenvalue weighted by Gasteiger charge is -2.01. The molecule has 0 aliphatic heterocycles. The molecule has 2 aromatic heterocycles. The Hall–Kier alpha value is -2.76. The van der Waals surface area contributed by atoms with Crippen LogP contribution in [0.25, 0.3) is 0 Å². The van der Waals surface area contributed by atoms with Crippen LogP contribution in [0.2, 0.25) is 0 Å². The highest BCUT2D eigenvalue weighted by atomic mass is 16.5. The monoisotopic (exact) mass is 344 g/mol. The first-order valence-corrected chi connectivity index (χ1v) is 8.07. The van der Waals surface area contributed by atoms with Gasteiger partial charge < -0.3 is 19.3 Å². The van der Waals surface area contributed by atoms with Gasteiger partial charge in [-0.3, -0.25) is 4.79 Å². The van der Waals surface area contributed by atoms with Crippen molar-refractivity contribution in [2.24, 2.45) is 0 Å². The van der Waals surface area contributed by atoms with E-state index in [2.05, 4.69) is 9.97 Å². The minimum absolute atomic E-state index is 0.115. The minimum atomic E-state index is -0.115. The number of pyridine rings is 2. The number of carbonyl (C=O) groups is 2. The lowest BCUT2D eigenvalue weighted by molar-refractivity contribution is -0.117. The number of rotatable bonds is 7. The summed E-state index contributed by atoms with van der Waals surface area (Å²) in [6, 6.07) is 10.5. The van der Waals surface area contributed by atoms with Gasteiger partial charge in [0.2, 0.25) is 11.4 Å². The van der Waals surface area contributed by atoms with E-state index in [1.165, 1.54) is 6.07 Å². The Morgan fingerprint density at radius 2 is 1.64 bits per heavy atom. The van der Waals surface area contributed by atoms with Gasteiger partial charge in [0, 0.05) is 36.4 Å². The number of aryl methyl sites for hydroxylation is 2. The molecule has 6 heteroatoms. The summed E-state index contributed by atoms with van der Waals surface area (Å²) >= 11 is 0. The van der Waals surface area contributed by atoms with Crippen molar-refractivity contribution < 1.29 is 14.3 Å². The first-order chi connectivity index (χ1) is 11.9. The molecule has 0 saturated carbocycles. The van der Waals surface area contributed by atoms with Crippen LogP contribution in [-0.4, -0.2) is 28.6 Å². The largest absolute Gasteiger partial charge is 0.481 e. The molecule has 2 aromatic rings. The number of aromatic nitrogens is 2. The van der Waals surface area contributed by atoms with Crippen LogP contribution in [0.4, 0.5) is 0 Å². The Bertz CT molecular complexity index is 753. The van der Waals surface area contributed by atoms with Gasteiger partial charge in [0.25, 0.3) is 0 Å². The number of ketones is 2. The maximum absolute atomic E-state index is 10.8. The fraction of sp³-hybridized carbons (Fsp3) is 0.368. The van der Waals surface area contributed by atoms with Gasteiger partial charge in [0.05, 0.1) is 7.11 Å². The molecule has 0 radical (unpaired) electrons. The summed E-state index contributed by atoms with van der Waals surface area (Å²) in [6.07, 6.45) is 2.33. The van der Waals surface area contributed by atoms with Crippen LogP contribution in [0.15, 0.2) is 41.2 Å². The van der Waals surface area contributed by atoms with Crippen LogP contribution in [0.5, 0.6) is 5.88 Å². The summed E-state index contributed by atoms with van der Waals surface area (Å²) in [6.45, 7) is 3.13. The van der Waals surface area contributed by atoms with Crippen molar-refractivity contribution in [3.8, 4) is 5.88 Å². The number of carbonyl (C=O) groups excluding carboxylic acids is 2. The van der Waals surface area contributed by atoms with Crippen LogP contribution < -0.4 is 10.3 Å². The minimum Gasteiger partial charge on any atom is -0.481 e. The van der Waals surface area contributed by atoms with Crippen molar-refractivity contribution >= 4 is 11.6 Å². The maximum atomic E-state index is 10.8. The number of hydrogen-bond donors (Lipinski definition) is 1. The molecule has 6 nitrogen and oxygen atoms in total. The second-order valence-corrected chi connectivity index (χ2v) is 5.62. The summed E-state index contributed by atoms with van der Waals surface area (Å²) in [5, 5.41) is 0. The Balaban J connectivity index is 0.000000251. The maximum Gasteiger partial charge on any atom is 0.248 e. The van der Waals surface area contributed by atoms with Crippen LogP contribution >= 0.6 is 0 Å². The number of Topliss-reactive ketones (excluding diaryl/α,β-unsaturated/α-hetero) is 2. The molecule has 0 unspecified atom stereocenters. The third-order valence-corrected chi connectivity index (χ3v) is 3.30. The molecular formula is C19H24N2O4. The van der Waals surface area contributed by atoms with Gasteiger partial charge in [0.1, 0.15) is 11.6 Å². The third-order valence-electron chi connectivity index (χ3n) is 3.30. The summed E-state index contributed by atoms with van der Waals surface area (Å²) in [5.41, 5.74) is 1.60. The first-order valence-electron chi connectivity index (χ1n) is 8.07. The van der Waals surface area contributed by atoms with E-state index in [4.69, 9.17) is 4.74 Å². The van der Waals surface area contributed by atoms with E-state index in [-0.39, 0.29) is 17.1 Å². The molecule has 0 saturated heterocycles. The molecule has 25 heavy (non-hydrogen) atoms. The second-order valence-electron chi connectivity index (χ2n) is 5.62. The molecule has 0 fully saturated rings. The molecule has 2 rings (SSSR count). The van der Waals surface area contributed by atoms with Crippen molar-refractivity contribution in [3.63, 3.8) is 0 Å². The molecule has 0 aliphatic rings. The number of nitrogens with one attached hydrogen (secondary N) is 1. The average molecular weight is 344 g/mol. The highest BCUT2D eigenvalue weighted by Crippen LogP contribution is 2.08. The lowest BCUT2D eigenvalue weighted by atomic mass is 10.2.